The second kappa shape index (κ2) is 6.89. The smallest absolute Gasteiger partial charge is 0.318 e. The lowest BCUT2D eigenvalue weighted by Gasteiger charge is -2.19. The van der Waals surface area contributed by atoms with Crippen LogP contribution in [0.25, 0.3) is 0 Å². The highest BCUT2D eigenvalue weighted by atomic mass is 16.4. The van der Waals surface area contributed by atoms with Crippen molar-refractivity contribution in [3.8, 4) is 0 Å². The SMILES string of the molecule is CCNCc1nnc(N2CCCC(C(C)C)CC2)o1. The molecule has 0 radical (unpaired) electrons. The summed E-state index contributed by atoms with van der Waals surface area (Å²) in [5, 5.41) is 11.5. The van der Waals surface area contributed by atoms with E-state index in [1.54, 1.807) is 0 Å². The summed E-state index contributed by atoms with van der Waals surface area (Å²) in [7, 11) is 0. The van der Waals surface area contributed by atoms with Gasteiger partial charge in [0.15, 0.2) is 0 Å². The van der Waals surface area contributed by atoms with Gasteiger partial charge in [0, 0.05) is 13.1 Å². The fraction of sp³-hybridized carbons (Fsp3) is 0.857. The highest BCUT2D eigenvalue weighted by Gasteiger charge is 2.22. The zero-order valence-electron chi connectivity index (χ0n) is 12.4. The zero-order valence-corrected chi connectivity index (χ0v) is 12.4. The molecule has 0 amide bonds. The molecule has 1 aliphatic heterocycles. The fourth-order valence-electron chi connectivity index (χ4n) is 2.66. The van der Waals surface area contributed by atoms with Crippen molar-refractivity contribution in [3.63, 3.8) is 0 Å². The van der Waals surface area contributed by atoms with Crippen molar-refractivity contribution in [1.82, 2.24) is 15.5 Å². The van der Waals surface area contributed by atoms with Gasteiger partial charge in [0.25, 0.3) is 0 Å². The first-order chi connectivity index (χ1) is 9.20. The highest BCUT2D eigenvalue weighted by molar-refractivity contribution is 5.24. The van der Waals surface area contributed by atoms with Crippen LogP contribution in [-0.4, -0.2) is 29.8 Å². The Morgan fingerprint density at radius 1 is 1.32 bits per heavy atom. The summed E-state index contributed by atoms with van der Waals surface area (Å²) in [6.45, 7) is 10.3. The summed E-state index contributed by atoms with van der Waals surface area (Å²) in [6, 6.07) is 0.692. The molecular formula is C14H26N4O. The van der Waals surface area contributed by atoms with Crippen LogP contribution in [0.1, 0.15) is 45.9 Å². The maximum Gasteiger partial charge on any atom is 0.318 e. The molecule has 1 aliphatic rings. The minimum atomic E-state index is 0.659. The highest BCUT2D eigenvalue weighted by Crippen LogP contribution is 2.26. The topological polar surface area (TPSA) is 54.2 Å². The van der Waals surface area contributed by atoms with Gasteiger partial charge in [-0.25, -0.2) is 0 Å². The van der Waals surface area contributed by atoms with E-state index in [0.29, 0.717) is 18.5 Å². The van der Waals surface area contributed by atoms with Crippen LogP contribution < -0.4 is 10.2 Å². The van der Waals surface area contributed by atoms with Gasteiger partial charge in [-0.3, -0.25) is 0 Å². The third kappa shape index (κ3) is 3.93. The van der Waals surface area contributed by atoms with Crippen molar-refractivity contribution < 1.29 is 4.42 Å². The van der Waals surface area contributed by atoms with E-state index in [1.807, 2.05) is 0 Å². The van der Waals surface area contributed by atoms with Gasteiger partial charge in [0.1, 0.15) is 0 Å². The van der Waals surface area contributed by atoms with E-state index in [1.165, 1.54) is 19.3 Å². The van der Waals surface area contributed by atoms with Crippen LogP contribution in [0.4, 0.5) is 6.01 Å². The Labute approximate surface area is 115 Å². The van der Waals surface area contributed by atoms with Crippen molar-refractivity contribution in [2.75, 3.05) is 24.5 Å². The Morgan fingerprint density at radius 3 is 2.89 bits per heavy atom. The molecular weight excluding hydrogens is 240 g/mol. The average Bonchev–Trinajstić information content (AvgIpc) is 2.71. The molecule has 1 aromatic heterocycles. The van der Waals surface area contributed by atoms with Crippen LogP contribution in [0.3, 0.4) is 0 Å². The number of nitrogens with one attached hydrogen (secondary N) is 1. The molecule has 19 heavy (non-hydrogen) atoms. The minimum Gasteiger partial charge on any atom is -0.407 e. The minimum absolute atomic E-state index is 0.659. The number of hydrogen-bond donors (Lipinski definition) is 1. The Kier molecular flexibility index (Phi) is 5.19. The average molecular weight is 266 g/mol. The van der Waals surface area contributed by atoms with E-state index in [-0.39, 0.29) is 0 Å². The Morgan fingerprint density at radius 2 is 2.16 bits per heavy atom. The molecule has 1 N–H and O–H groups in total. The van der Waals surface area contributed by atoms with Gasteiger partial charge in [0.2, 0.25) is 5.89 Å². The monoisotopic (exact) mass is 266 g/mol. The van der Waals surface area contributed by atoms with E-state index in [0.717, 1.165) is 31.5 Å². The second-order valence-corrected chi connectivity index (χ2v) is 5.68. The molecule has 5 heteroatoms. The molecule has 1 unspecified atom stereocenters. The molecule has 1 aromatic rings. The molecule has 0 spiro atoms. The first kappa shape index (κ1) is 14.3. The van der Waals surface area contributed by atoms with Crippen LogP contribution >= 0.6 is 0 Å². The lowest BCUT2D eigenvalue weighted by Crippen LogP contribution is -2.24. The van der Waals surface area contributed by atoms with Gasteiger partial charge in [0.05, 0.1) is 6.54 Å². The van der Waals surface area contributed by atoms with Crippen LogP contribution in [0, 0.1) is 11.8 Å². The lowest BCUT2D eigenvalue weighted by atomic mass is 9.89. The number of nitrogens with zero attached hydrogens (tertiary/aromatic N) is 3. The number of aromatic nitrogens is 2. The van der Waals surface area contributed by atoms with Crippen molar-refractivity contribution in [2.24, 2.45) is 11.8 Å². The molecule has 1 saturated heterocycles. The van der Waals surface area contributed by atoms with Crippen LogP contribution in [0.15, 0.2) is 4.42 Å². The summed E-state index contributed by atoms with van der Waals surface area (Å²) >= 11 is 0. The molecule has 2 rings (SSSR count). The molecule has 2 heterocycles. The lowest BCUT2D eigenvalue weighted by molar-refractivity contribution is 0.350. The normalized spacial score (nSPS) is 20.8. The predicted molar refractivity (Wildman–Crippen MR) is 76.1 cm³/mol. The second-order valence-electron chi connectivity index (χ2n) is 5.68. The van der Waals surface area contributed by atoms with Crippen molar-refractivity contribution in [2.45, 2.75) is 46.6 Å². The van der Waals surface area contributed by atoms with Gasteiger partial charge < -0.3 is 14.6 Å². The van der Waals surface area contributed by atoms with Gasteiger partial charge in [-0.2, -0.15) is 0 Å². The molecule has 5 nitrogen and oxygen atoms in total. The third-order valence-corrected chi connectivity index (χ3v) is 3.97. The van der Waals surface area contributed by atoms with Crippen molar-refractivity contribution in [1.29, 1.82) is 0 Å². The maximum atomic E-state index is 5.72. The molecule has 0 aliphatic carbocycles. The van der Waals surface area contributed by atoms with E-state index >= 15 is 0 Å². The first-order valence-corrected chi connectivity index (χ1v) is 7.48. The molecule has 0 aromatic carbocycles. The quantitative estimate of drug-likeness (QED) is 0.887. The third-order valence-electron chi connectivity index (χ3n) is 3.97. The first-order valence-electron chi connectivity index (χ1n) is 7.48. The summed E-state index contributed by atoms with van der Waals surface area (Å²) in [5.74, 6) is 2.28. The van der Waals surface area contributed by atoms with E-state index < -0.39 is 0 Å². The molecule has 1 atom stereocenters. The van der Waals surface area contributed by atoms with Crippen molar-refractivity contribution in [3.05, 3.63) is 5.89 Å². The summed E-state index contributed by atoms with van der Waals surface area (Å²) in [4.78, 5) is 2.24. The number of rotatable bonds is 5. The molecule has 1 fully saturated rings. The fourth-order valence-corrected chi connectivity index (χ4v) is 2.66. The van der Waals surface area contributed by atoms with Gasteiger partial charge in [-0.15, -0.1) is 5.10 Å². The summed E-state index contributed by atoms with van der Waals surface area (Å²) in [6.07, 6.45) is 3.75. The van der Waals surface area contributed by atoms with E-state index in [9.17, 15) is 0 Å². The Hall–Kier alpha value is -1.10. The number of hydrogen-bond acceptors (Lipinski definition) is 5. The van der Waals surface area contributed by atoms with Crippen LogP contribution in [0.5, 0.6) is 0 Å². The largest absolute Gasteiger partial charge is 0.407 e. The predicted octanol–water partition coefficient (Wildman–Crippen LogP) is 2.44. The zero-order chi connectivity index (χ0) is 13.7. The molecule has 108 valence electrons. The van der Waals surface area contributed by atoms with Crippen LogP contribution in [-0.2, 0) is 6.54 Å². The van der Waals surface area contributed by atoms with E-state index in [4.69, 9.17) is 4.42 Å². The summed E-state index contributed by atoms with van der Waals surface area (Å²) < 4.78 is 5.72. The summed E-state index contributed by atoms with van der Waals surface area (Å²) in [5.41, 5.74) is 0. The van der Waals surface area contributed by atoms with Crippen molar-refractivity contribution >= 4 is 6.01 Å². The number of anilines is 1. The standard InChI is InChI=1S/C14H26N4O/c1-4-15-10-13-16-17-14(19-13)18-8-5-6-12(7-9-18)11(2)3/h11-12,15H,4-10H2,1-3H3. The van der Waals surface area contributed by atoms with Gasteiger partial charge in [-0.1, -0.05) is 25.9 Å². The van der Waals surface area contributed by atoms with Gasteiger partial charge >= 0.3 is 6.01 Å². The molecule has 0 saturated carbocycles. The Balaban J connectivity index is 1.92. The maximum absolute atomic E-state index is 5.72. The van der Waals surface area contributed by atoms with E-state index in [2.05, 4.69) is 41.2 Å². The van der Waals surface area contributed by atoms with Crippen LogP contribution in [0.2, 0.25) is 0 Å². The van der Waals surface area contributed by atoms with Gasteiger partial charge in [-0.05, 0) is 37.6 Å². The Bertz CT molecular complexity index is 377. The molecule has 0 bridgehead atoms.